The van der Waals surface area contributed by atoms with Crippen molar-refractivity contribution >= 4 is 6.21 Å². The van der Waals surface area contributed by atoms with E-state index in [0.717, 1.165) is 6.42 Å². The molecule has 0 atom stereocenters. The Balaban J connectivity index is 2.92. The van der Waals surface area contributed by atoms with Crippen molar-refractivity contribution in [1.29, 1.82) is 5.41 Å². The highest BCUT2D eigenvalue weighted by molar-refractivity contribution is 5.67. The minimum absolute atomic E-state index is 1.09. The molecule has 1 N–H and O–H groups in total. The molecule has 0 saturated carbocycles. The van der Waals surface area contributed by atoms with Gasteiger partial charge in [-0.1, -0.05) is 19.4 Å². The average Bonchev–Trinajstić information content (AvgIpc) is 1.69. The van der Waals surface area contributed by atoms with Crippen LogP contribution in [0.3, 0.4) is 0 Å². The molecule has 0 aromatic carbocycles. The van der Waals surface area contributed by atoms with E-state index in [2.05, 4.69) is 6.92 Å². The minimum Gasteiger partial charge on any atom is -0.309 e. The van der Waals surface area contributed by atoms with Crippen LogP contribution in [-0.2, 0) is 0 Å². The summed E-state index contributed by atoms with van der Waals surface area (Å²) in [6.07, 6.45) is 7.31. The number of hydrogen-bond donors (Lipinski definition) is 1. The Labute approximate surface area is 44.6 Å². The van der Waals surface area contributed by atoms with Crippen LogP contribution in [0, 0.1) is 5.41 Å². The molecule has 0 aliphatic carbocycles. The van der Waals surface area contributed by atoms with Gasteiger partial charge in [-0.3, -0.25) is 0 Å². The van der Waals surface area contributed by atoms with E-state index in [-0.39, 0.29) is 0 Å². The molecule has 0 aliphatic heterocycles. The van der Waals surface area contributed by atoms with Gasteiger partial charge >= 0.3 is 0 Å². The summed E-state index contributed by atoms with van der Waals surface area (Å²) < 4.78 is 0. The fraction of sp³-hybridized carbons (Fsp3) is 0.500. The lowest BCUT2D eigenvalue weighted by Gasteiger charge is -1.76. The van der Waals surface area contributed by atoms with Gasteiger partial charge in [0.15, 0.2) is 0 Å². The van der Waals surface area contributed by atoms with Gasteiger partial charge in [0.05, 0.1) is 0 Å². The summed E-state index contributed by atoms with van der Waals surface area (Å²) in [5, 5.41) is 6.57. The fourth-order valence-corrected chi connectivity index (χ4v) is 0.331. The second-order valence-corrected chi connectivity index (χ2v) is 1.38. The highest BCUT2D eigenvalue weighted by Gasteiger charge is 1.66. The molecule has 0 saturated heterocycles. The third kappa shape index (κ3) is 5.41. The zero-order valence-corrected chi connectivity index (χ0v) is 4.65. The van der Waals surface area contributed by atoms with E-state index in [9.17, 15) is 0 Å². The molecule has 0 amide bonds. The highest BCUT2D eigenvalue weighted by Crippen LogP contribution is 1.85. The third-order valence-electron chi connectivity index (χ3n) is 0.688. The largest absolute Gasteiger partial charge is 0.309 e. The van der Waals surface area contributed by atoms with Gasteiger partial charge in [0.1, 0.15) is 0 Å². The molecule has 0 rings (SSSR count). The predicted octanol–water partition coefficient (Wildman–Crippen LogP) is 1.99. The Morgan fingerprint density at radius 1 is 1.57 bits per heavy atom. The van der Waals surface area contributed by atoms with Crippen LogP contribution in [-0.4, -0.2) is 6.21 Å². The summed E-state index contributed by atoms with van der Waals surface area (Å²) >= 11 is 0. The fourth-order valence-electron chi connectivity index (χ4n) is 0.331. The van der Waals surface area contributed by atoms with Crippen LogP contribution in [0.2, 0.25) is 0 Å². The molecular weight excluding hydrogens is 86.1 g/mol. The van der Waals surface area contributed by atoms with Crippen LogP contribution in [0.25, 0.3) is 0 Å². The zero-order valence-electron chi connectivity index (χ0n) is 4.65. The molecule has 0 fully saturated rings. The lowest BCUT2D eigenvalue weighted by Crippen LogP contribution is -1.60. The average molecular weight is 97.2 g/mol. The first-order valence-electron chi connectivity index (χ1n) is 2.57. The number of allylic oxidation sites excluding steroid dienone is 2. The highest BCUT2D eigenvalue weighted by atomic mass is 14.3. The summed E-state index contributed by atoms with van der Waals surface area (Å²) in [4.78, 5) is 0. The lowest BCUT2D eigenvalue weighted by atomic mass is 10.3. The predicted molar refractivity (Wildman–Crippen MR) is 32.8 cm³/mol. The molecule has 1 heteroatoms. The first kappa shape index (κ1) is 6.41. The van der Waals surface area contributed by atoms with E-state index >= 15 is 0 Å². The molecule has 0 aliphatic rings. The van der Waals surface area contributed by atoms with Crippen LogP contribution in [0.4, 0.5) is 0 Å². The number of hydrogen-bond acceptors (Lipinski definition) is 1. The van der Waals surface area contributed by atoms with Gasteiger partial charge in [-0.05, 0) is 12.5 Å². The summed E-state index contributed by atoms with van der Waals surface area (Å²) in [6, 6.07) is 0. The number of rotatable bonds is 3. The Morgan fingerprint density at radius 2 is 2.29 bits per heavy atom. The summed E-state index contributed by atoms with van der Waals surface area (Å²) in [5.74, 6) is 0. The lowest BCUT2D eigenvalue weighted by molar-refractivity contribution is 0.960. The van der Waals surface area contributed by atoms with Crippen LogP contribution in [0.5, 0.6) is 0 Å². The van der Waals surface area contributed by atoms with Crippen molar-refractivity contribution in [3.05, 3.63) is 12.2 Å². The quantitative estimate of drug-likeness (QED) is 0.521. The second-order valence-electron chi connectivity index (χ2n) is 1.38. The van der Waals surface area contributed by atoms with E-state index < -0.39 is 0 Å². The van der Waals surface area contributed by atoms with Gasteiger partial charge in [-0.15, -0.1) is 0 Å². The van der Waals surface area contributed by atoms with Crippen molar-refractivity contribution in [2.75, 3.05) is 0 Å². The maximum Gasteiger partial charge on any atom is 0.0174 e. The first-order chi connectivity index (χ1) is 3.41. The van der Waals surface area contributed by atoms with E-state index in [1.54, 1.807) is 6.08 Å². The van der Waals surface area contributed by atoms with E-state index in [0.29, 0.717) is 0 Å². The van der Waals surface area contributed by atoms with Crippen LogP contribution in [0.1, 0.15) is 19.8 Å². The van der Waals surface area contributed by atoms with Crippen molar-refractivity contribution < 1.29 is 0 Å². The molecule has 0 radical (unpaired) electrons. The molecule has 0 aromatic rings. The smallest absolute Gasteiger partial charge is 0.0174 e. The van der Waals surface area contributed by atoms with Gasteiger partial charge in [0, 0.05) is 6.21 Å². The molecule has 0 aromatic heterocycles. The first-order valence-corrected chi connectivity index (χ1v) is 2.57. The van der Waals surface area contributed by atoms with Crippen LogP contribution in [0.15, 0.2) is 12.2 Å². The molecular formula is C6H11N. The van der Waals surface area contributed by atoms with Crippen molar-refractivity contribution in [3.8, 4) is 0 Å². The van der Waals surface area contributed by atoms with Crippen molar-refractivity contribution in [2.24, 2.45) is 0 Å². The number of nitrogens with one attached hydrogen (secondary N) is 1. The Morgan fingerprint density at radius 3 is 2.71 bits per heavy atom. The molecule has 0 heterocycles. The summed E-state index contributed by atoms with van der Waals surface area (Å²) in [6.45, 7) is 2.12. The second kappa shape index (κ2) is 5.41. The maximum atomic E-state index is 6.57. The molecule has 0 unspecified atom stereocenters. The Kier molecular flexibility index (Phi) is 4.95. The zero-order chi connectivity index (χ0) is 5.54. The van der Waals surface area contributed by atoms with Gasteiger partial charge in [0.25, 0.3) is 0 Å². The molecule has 0 spiro atoms. The van der Waals surface area contributed by atoms with Gasteiger partial charge in [-0.25, -0.2) is 0 Å². The Bertz CT molecular complexity index is 64.6. The van der Waals surface area contributed by atoms with Gasteiger partial charge in [0.2, 0.25) is 0 Å². The van der Waals surface area contributed by atoms with E-state index in [4.69, 9.17) is 5.41 Å². The minimum atomic E-state index is 1.09. The van der Waals surface area contributed by atoms with E-state index in [1.807, 2.05) is 6.08 Å². The van der Waals surface area contributed by atoms with Crippen LogP contribution >= 0.6 is 0 Å². The molecule has 1 nitrogen and oxygen atoms in total. The number of unbranched alkanes of at least 4 members (excludes halogenated alkanes) is 1. The molecule has 40 valence electrons. The summed E-state index contributed by atoms with van der Waals surface area (Å²) in [5.41, 5.74) is 0. The topological polar surface area (TPSA) is 23.9 Å². The Hall–Kier alpha value is -0.590. The van der Waals surface area contributed by atoms with Crippen molar-refractivity contribution in [3.63, 3.8) is 0 Å². The van der Waals surface area contributed by atoms with Gasteiger partial charge < -0.3 is 5.41 Å². The molecule has 0 bridgehead atoms. The monoisotopic (exact) mass is 97.1 g/mol. The SMILES string of the molecule is CCCC=CC=N. The summed E-state index contributed by atoms with van der Waals surface area (Å²) in [7, 11) is 0. The standard InChI is InChI=1S/C6H11N/c1-2-3-4-5-6-7/h4-7H,2-3H2,1H3. The van der Waals surface area contributed by atoms with Gasteiger partial charge in [-0.2, -0.15) is 0 Å². The van der Waals surface area contributed by atoms with Crippen molar-refractivity contribution in [1.82, 2.24) is 0 Å². The normalized spacial score (nSPS) is 9.86. The molecule has 7 heavy (non-hydrogen) atoms. The van der Waals surface area contributed by atoms with E-state index in [1.165, 1.54) is 12.6 Å². The van der Waals surface area contributed by atoms with Crippen LogP contribution < -0.4 is 0 Å². The third-order valence-corrected chi connectivity index (χ3v) is 0.688. The maximum absolute atomic E-state index is 6.57. The van der Waals surface area contributed by atoms with Crippen molar-refractivity contribution in [2.45, 2.75) is 19.8 Å².